The maximum Gasteiger partial charge on any atom is 0.255 e. The number of thiophene rings is 1. The van der Waals surface area contributed by atoms with Crippen LogP contribution in [0.25, 0.3) is 0 Å². The van der Waals surface area contributed by atoms with Gasteiger partial charge in [0.05, 0.1) is 4.90 Å². The molecule has 0 bridgehead atoms. The normalized spacial score (nSPS) is 11.1. The number of anilines is 1. The van der Waals surface area contributed by atoms with Gasteiger partial charge in [-0.3, -0.25) is 9.78 Å². The SMILES string of the molecule is O=C(Nc1ccc(Oc2ccncc2)cc1)c1cccc(S(=O)(=O)NCc2cccs2)c1. The summed E-state index contributed by atoms with van der Waals surface area (Å²) in [4.78, 5) is 17.5. The molecule has 0 atom stereocenters. The molecule has 0 fully saturated rings. The van der Waals surface area contributed by atoms with Crippen LogP contribution in [0.15, 0.2) is 95.5 Å². The quantitative estimate of drug-likeness (QED) is 0.394. The first-order valence-corrected chi connectivity index (χ1v) is 12.0. The fraction of sp³-hybridized carbons (Fsp3) is 0.0435. The number of hydrogen-bond donors (Lipinski definition) is 2. The Labute approximate surface area is 189 Å². The smallest absolute Gasteiger partial charge is 0.255 e. The van der Waals surface area contributed by atoms with Crippen LogP contribution in [0, 0.1) is 0 Å². The van der Waals surface area contributed by atoms with Gasteiger partial charge < -0.3 is 10.1 Å². The van der Waals surface area contributed by atoms with E-state index in [1.165, 1.54) is 23.5 Å². The summed E-state index contributed by atoms with van der Waals surface area (Å²) in [5.41, 5.74) is 0.794. The van der Waals surface area contributed by atoms with Gasteiger partial charge in [0.1, 0.15) is 11.5 Å². The van der Waals surface area contributed by atoms with Crippen molar-refractivity contribution in [2.45, 2.75) is 11.4 Å². The van der Waals surface area contributed by atoms with Crippen molar-refractivity contribution in [3.8, 4) is 11.5 Å². The van der Waals surface area contributed by atoms with E-state index in [0.29, 0.717) is 17.2 Å². The first kappa shape index (κ1) is 21.7. The molecule has 4 aromatic rings. The summed E-state index contributed by atoms with van der Waals surface area (Å²) in [5, 5.41) is 4.65. The van der Waals surface area contributed by atoms with Crippen molar-refractivity contribution in [1.29, 1.82) is 0 Å². The molecule has 0 aliphatic rings. The number of rotatable bonds is 8. The van der Waals surface area contributed by atoms with E-state index in [1.807, 2.05) is 17.5 Å². The Morgan fingerprint density at radius 2 is 1.69 bits per heavy atom. The number of aromatic nitrogens is 1. The number of sulfonamides is 1. The van der Waals surface area contributed by atoms with Gasteiger partial charge in [0, 0.05) is 35.1 Å². The van der Waals surface area contributed by atoms with Crippen molar-refractivity contribution in [2.24, 2.45) is 0 Å². The van der Waals surface area contributed by atoms with Crippen molar-refractivity contribution in [3.63, 3.8) is 0 Å². The third-order valence-corrected chi connectivity index (χ3v) is 6.70. The topological polar surface area (TPSA) is 97.4 Å². The first-order chi connectivity index (χ1) is 15.5. The van der Waals surface area contributed by atoms with E-state index in [2.05, 4.69) is 15.0 Å². The molecule has 0 spiro atoms. The van der Waals surface area contributed by atoms with Crippen LogP contribution in [0.4, 0.5) is 5.69 Å². The van der Waals surface area contributed by atoms with Crippen molar-refractivity contribution in [2.75, 3.05) is 5.32 Å². The standard InChI is InChI=1S/C23H19N3O4S2/c27-23(26-18-6-8-19(9-7-18)30-20-10-12-24-13-11-20)17-3-1-5-22(15-17)32(28,29)25-16-21-4-2-14-31-21/h1-15,25H,16H2,(H,26,27). The van der Waals surface area contributed by atoms with Crippen LogP contribution < -0.4 is 14.8 Å². The second kappa shape index (κ2) is 9.73. The minimum Gasteiger partial charge on any atom is -0.457 e. The maximum atomic E-state index is 12.7. The summed E-state index contributed by atoms with van der Waals surface area (Å²) >= 11 is 1.47. The summed E-state index contributed by atoms with van der Waals surface area (Å²) in [7, 11) is -3.74. The van der Waals surface area contributed by atoms with Gasteiger partial charge in [0.25, 0.3) is 5.91 Å². The highest BCUT2D eigenvalue weighted by Gasteiger charge is 2.16. The minimum atomic E-state index is -3.74. The molecule has 32 heavy (non-hydrogen) atoms. The molecule has 7 nitrogen and oxygen atoms in total. The van der Waals surface area contributed by atoms with Crippen LogP contribution in [0.1, 0.15) is 15.2 Å². The van der Waals surface area contributed by atoms with Crippen molar-refractivity contribution in [1.82, 2.24) is 9.71 Å². The maximum absolute atomic E-state index is 12.7. The Morgan fingerprint density at radius 3 is 2.41 bits per heavy atom. The van der Waals surface area contributed by atoms with Crippen LogP contribution in [-0.4, -0.2) is 19.3 Å². The summed E-state index contributed by atoms with van der Waals surface area (Å²) in [6.45, 7) is 0.199. The van der Waals surface area contributed by atoms with E-state index in [9.17, 15) is 13.2 Å². The molecular formula is C23H19N3O4S2. The van der Waals surface area contributed by atoms with Crippen LogP contribution in [0.5, 0.6) is 11.5 Å². The van der Waals surface area contributed by atoms with Crippen LogP contribution in [0.3, 0.4) is 0 Å². The Kier molecular flexibility index (Phi) is 6.60. The van der Waals surface area contributed by atoms with Gasteiger partial charge in [-0.15, -0.1) is 11.3 Å². The van der Waals surface area contributed by atoms with E-state index >= 15 is 0 Å². The second-order valence-corrected chi connectivity index (χ2v) is 9.49. The Morgan fingerprint density at radius 1 is 0.938 bits per heavy atom. The molecule has 1 amide bonds. The largest absolute Gasteiger partial charge is 0.457 e. The average molecular weight is 466 g/mol. The molecule has 2 aromatic carbocycles. The highest BCUT2D eigenvalue weighted by molar-refractivity contribution is 7.89. The Balaban J connectivity index is 1.41. The molecule has 0 saturated carbocycles. The van der Waals surface area contributed by atoms with Crippen molar-refractivity contribution in [3.05, 3.63) is 101 Å². The second-order valence-electron chi connectivity index (χ2n) is 6.70. The zero-order valence-electron chi connectivity index (χ0n) is 16.8. The number of nitrogens with zero attached hydrogens (tertiary/aromatic N) is 1. The van der Waals surface area contributed by atoms with Gasteiger partial charge in [0.2, 0.25) is 10.0 Å². The summed E-state index contributed by atoms with van der Waals surface area (Å²) in [6, 6.07) is 20.0. The van der Waals surface area contributed by atoms with Gasteiger partial charge >= 0.3 is 0 Å². The predicted molar refractivity (Wildman–Crippen MR) is 123 cm³/mol. The van der Waals surface area contributed by atoms with Crippen LogP contribution in [0.2, 0.25) is 0 Å². The van der Waals surface area contributed by atoms with Gasteiger partial charge in [-0.1, -0.05) is 12.1 Å². The molecule has 0 radical (unpaired) electrons. The van der Waals surface area contributed by atoms with E-state index in [4.69, 9.17) is 4.74 Å². The molecule has 2 aromatic heterocycles. The van der Waals surface area contributed by atoms with Gasteiger partial charge in [-0.05, 0) is 66.0 Å². The monoisotopic (exact) mass is 465 g/mol. The van der Waals surface area contributed by atoms with Crippen LogP contribution >= 0.6 is 11.3 Å². The number of amides is 1. The summed E-state index contributed by atoms with van der Waals surface area (Å²) in [6.07, 6.45) is 3.27. The predicted octanol–water partition coefficient (Wildman–Crippen LogP) is 4.67. The number of pyridine rings is 1. The lowest BCUT2D eigenvalue weighted by molar-refractivity contribution is 0.102. The number of carbonyl (C=O) groups is 1. The molecule has 0 saturated heterocycles. The highest BCUT2D eigenvalue weighted by atomic mass is 32.2. The lowest BCUT2D eigenvalue weighted by Gasteiger charge is -2.10. The van der Waals surface area contributed by atoms with E-state index in [-0.39, 0.29) is 17.0 Å². The first-order valence-electron chi connectivity index (χ1n) is 9.61. The molecule has 0 unspecified atom stereocenters. The summed E-state index contributed by atoms with van der Waals surface area (Å²) < 4.78 is 33.4. The molecule has 162 valence electrons. The minimum absolute atomic E-state index is 0.0304. The molecule has 2 heterocycles. The third kappa shape index (κ3) is 5.58. The average Bonchev–Trinajstić information content (AvgIpc) is 3.34. The molecule has 4 rings (SSSR count). The van der Waals surface area contributed by atoms with Crippen LogP contribution in [-0.2, 0) is 16.6 Å². The third-order valence-electron chi connectivity index (χ3n) is 4.42. The summed E-state index contributed by atoms with van der Waals surface area (Å²) in [5.74, 6) is 0.852. The van der Waals surface area contributed by atoms with E-state index < -0.39 is 15.9 Å². The molecule has 0 aliphatic heterocycles. The Bertz CT molecular complexity index is 1290. The fourth-order valence-corrected chi connectivity index (χ4v) is 4.61. The fourth-order valence-electron chi connectivity index (χ4n) is 2.82. The molecular weight excluding hydrogens is 446 g/mol. The lowest BCUT2D eigenvalue weighted by Crippen LogP contribution is -2.23. The molecule has 2 N–H and O–H groups in total. The van der Waals surface area contributed by atoms with Gasteiger partial charge in [-0.2, -0.15) is 0 Å². The lowest BCUT2D eigenvalue weighted by atomic mass is 10.2. The van der Waals surface area contributed by atoms with Crippen molar-refractivity contribution < 1.29 is 17.9 Å². The van der Waals surface area contributed by atoms with Gasteiger partial charge in [-0.25, -0.2) is 13.1 Å². The van der Waals surface area contributed by atoms with E-state index in [1.54, 1.807) is 60.9 Å². The number of carbonyl (C=O) groups excluding carboxylic acids is 1. The zero-order chi connectivity index (χ0) is 22.4. The zero-order valence-corrected chi connectivity index (χ0v) is 18.4. The van der Waals surface area contributed by atoms with Gasteiger partial charge in [0.15, 0.2) is 0 Å². The Hall–Kier alpha value is -3.53. The van der Waals surface area contributed by atoms with E-state index in [0.717, 1.165) is 4.88 Å². The number of benzene rings is 2. The van der Waals surface area contributed by atoms with Crippen molar-refractivity contribution >= 4 is 33.0 Å². The number of ether oxygens (including phenoxy) is 1. The molecule has 9 heteroatoms. The molecule has 0 aliphatic carbocycles. The number of hydrogen-bond acceptors (Lipinski definition) is 6. The highest BCUT2D eigenvalue weighted by Crippen LogP contribution is 2.23. The number of nitrogens with one attached hydrogen (secondary N) is 2.